The molecule has 1 heterocycles. The van der Waals surface area contributed by atoms with Gasteiger partial charge in [0.2, 0.25) is 0 Å². The van der Waals surface area contributed by atoms with Gasteiger partial charge in [-0.2, -0.15) is 0 Å². The molecule has 1 aromatic rings. The Morgan fingerprint density at radius 1 is 1.24 bits per heavy atom. The molecule has 4 nitrogen and oxygen atoms in total. The Hall–Kier alpha value is -1.26. The summed E-state index contributed by atoms with van der Waals surface area (Å²) in [6, 6.07) is 7.04. The van der Waals surface area contributed by atoms with Crippen LogP contribution in [0.25, 0.3) is 0 Å². The lowest BCUT2D eigenvalue weighted by Crippen LogP contribution is -2.49. The molecule has 0 radical (unpaired) electrons. The highest BCUT2D eigenvalue weighted by molar-refractivity contribution is 5.44. The SMILES string of the molecule is CCC(C)N1CC(N)CC(c2ccc(OC)c(OC)c2)C1. The molecule has 1 aliphatic heterocycles. The summed E-state index contributed by atoms with van der Waals surface area (Å²) in [6.07, 6.45) is 2.19. The predicted octanol–water partition coefficient (Wildman–Crippen LogP) is 2.62. The van der Waals surface area contributed by atoms with E-state index < -0.39 is 0 Å². The molecule has 0 bridgehead atoms. The average Bonchev–Trinajstić information content (AvgIpc) is 2.52. The van der Waals surface area contributed by atoms with Crippen LogP contribution in [-0.4, -0.2) is 44.3 Å². The van der Waals surface area contributed by atoms with E-state index in [4.69, 9.17) is 15.2 Å². The first-order valence-electron chi connectivity index (χ1n) is 7.80. The lowest BCUT2D eigenvalue weighted by molar-refractivity contribution is 0.140. The Bertz CT molecular complexity index is 464. The summed E-state index contributed by atoms with van der Waals surface area (Å²) in [7, 11) is 3.35. The van der Waals surface area contributed by atoms with Crippen LogP contribution in [0.2, 0.25) is 0 Å². The number of hydrogen-bond acceptors (Lipinski definition) is 4. The van der Waals surface area contributed by atoms with Crippen molar-refractivity contribution in [3.8, 4) is 11.5 Å². The summed E-state index contributed by atoms with van der Waals surface area (Å²) in [6.45, 7) is 6.58. The zero-order chi connectivity index (χ0) is 15.4. The highest BCUT2D eigenvalue weighted by Crippen LogP contribution is 2.34. The van der Waals surface area contributed by atoms with Gasteiger partial charge in [0.25, 0.3) is 0 Å². The number of nitrogens with two attached hydrogens (primary N) is 1. The molecule has 2 rings (SSSR count). The number of likely N-dealkylation sites (tertiary alicyclic amines) is 1. The molecule has 3 atom stereocenters. The third-order valence-electron chi connectivity index (χ3n) is 4.60. The smallest absolute Gasteiger partial charge is 0.160 e. The predicted molar refractivity (Wildman–Crippen MR) is 86.2 cm³/mol. The molecule has 1 aromatic carbocycles. The van der Waals surface area contributed by atoms with Crippen LogP contribution in [0.15, 0.2) is 18.2 Å². The van der Waals surface area contributed by atoms with Gasteiger partial charge in [-0.05, 0) is 43.4 Å². The van der Waals surface area contributed by atoms with Crippen molar-refractivity contribution in [3.63, 3.8) is 0 Å². The van der Waals surface area contributed by atoms with Crippen LogP contribution in [0.4, 0.5) is 0 Å². The van der Waals surface area contributed by atoms with Crippen LogP contribution < -0.4 is 15.2 Å². The molecule has 0 aliphatic carbocycles. The minimum absolute atomic E-state index is 0.242. The first-order valence-corrected chi connectivity index (χ1v) is 7.80. The van der Waals surface area contributed by atoms with Crippen molar-refractivity contribution in [2.45, 2.75) is 44.7 Å². The molecule has 2 N–H and O–H groups in total. The Balaban J connectivity index is 2.20. The van der Waals surface area contributed by atoms with Gasteiger partial charge >= 0.3 is 0 Å². The minimum atomic E-state index is 0.242. The summed E-state index contributed by atoms with van der Waals surface area (Å²) < 4.78 is 10.7. The molecule has 4 heteroatoms. The van der Waals surface area contributed by atoms with E-state index in [-0.39, 0.29) is 6.04 Å². The molecule has 0 aromatic heterocycles. The van der Waals surface area contributed by atoms with Crippen molar-refractivity contribution < 1.29 is 9.47 Å². The van der Waals surface area contributed by atoms with E-state index in [0.717, 1.165) is 37.4 Å². The second kappa shape index (κ2) is 7.14. The number of rotatable bonds is 5. The third-order valence-corrected chi connectivity index (χ3v) is 4.60. The fourth-order valence-electron chi connectivity index (χ4n) is 3.14. The number of nitrogens with zero attached hydrogens (tertiary/aromatic N) is 1. The number of ether oxygens (including phenoxy) is 2. The van der Waals surface area contributed by atoms with Gasteiger partial charge in [-0.1, -0.05) is 13.0 Å². The van der Waals surface area contributed by atoms with Crippen molar-refractivity contribution >= 4 is 0 Å². The number of piperidine rings is 1. The summed E-state index contributed by atoms with van der Waals surface area (Å²) in [4.78, 5) is 2.51. The van der Waals surface area contributed by atoms with Gasteiger partial charge in [0.15, 0.2) is 11.5 Å². The van der Waals surface area contributed by atoms with Gasteiger partial charge in [-0.3, -0.25) is 4.90 Å². The molecule has 3 unspecified atom stereocenters. The molecular formula is C17H28N2O2. The van der Waals surface area contributed by atoms with Gasteiger partial charge in [-0.15, -0.1) is 0 Å². The molecule has 21 heavy (non-hydrogen) atoms. The molecule has 1 aliphatic rings. The third kappa shape index (κ3) is 3.69. The largest absolute Gasteiger partial charge is 0.493 e. The molecule has 0 saturated carbocycles. The standard InChI is InChI=1S/C17H28N2O2/c1-5-12(2)19-10-14(8-15(18)11-19)13-6-7-16(20-3)17(9-13)21-4/h6-7,9,12,14-15H,5,8,10-11,18H2,1-4H3. The van der Waals surface area contributed by atoms with E-state index in [1.807, 2.05) is 6.07 Å². The maximum atomic E-state index is 6.27. The van der Waals surface area contributed by atoms with Gasteiger partial charge in [0, 0.05) is 25.2 Å². The molecule has 0 spiro atoms. The first kappa shape index (κ1) is 16.1. The number of methoxy groups -OCH3 is 2. The maximum Gasteiger partial charge on any atom is 0.160 e. The quantitative estimate of drug-likeness (QED) is 0.906. The summed E-state index contributed by atoms with van der Waals surface area (Å²) in [5, 5.41) is 0. The lowest BCUT2D eigenvalue weighted by atomic mass is 9.87. The second-order valence-corrected chi connectivity index (χ2v) is 6.02. The Morgan fingerprint density at radius 3 is 2.57 bits per heavy atom. The van der Waals surface area contributed by atoms with E-state index in [0.29, 0.717) is 12.0 Å². The molecule has 118 valence electrons. The van der Waals surface area contributed by atoms with Crippen molar-refractivity contribution in [3.05, 3.63) is 23.8 Å². The highest BCUT2D eigenvalue weighted by atomic mass is 16.5. The van der Waals surface area contributed by atoms with Crippen molar-refractivity contribution in [1.82, 2.24) is 4.90 Å². The molecule has 1 saturated heterocycles. The van der Waals surface area contributed by atoms with Crippen molar-refractivity contribution in [2.75, 3.05) is 27.3 Å². The topological polar surface area (TPSA) is 47.7 Å². The molecule has 1 fully saturated rings. The Morgan fingerprint density at radius 2 is 1.95 bits per heavy atom. The monoisotopic (exact) mass is 292 g/mol. The lowest BCUT2D eigenvalue weighted by Gasteiger charge is -2.39. The van der Waals surface area contributed by atoms with Crippen LogP contribution >= 0.6 is 0 Å². The van der Waals surface area contributed by atoms with E-state index in [2.05, 4.69) is 30.9 Å². The van der Waals surface area contributed by atoms with Crippen LogP contribution in [0, 0.1) is 0 Å². The summed E-state index contributed by atoms with van der Waals surface area (Å²) in [5.74, 6) is 2.03. The van der Waals surface area contributed by atoms with Crippen molar-refractivity contribution in [1.29, 1.82) is 0 Å². The minimum Gasteiger partial charge on any atom is -0.493 e. The maximum absolute atomic E-state index is 6.27. The Labute approximate surface area is 128 Å². The van der Waals surface area contributed by atoms with Crippen molar-refractivity contribution in [2.24, 2.45) is 5.73 Å². The highest BCUT2D eigenvalue weighted by Gasteiger charge is 2.28. The van der Waals surface area contributed by atoms with E-state index in [1.165, 1.54) is 5.56 Å². The number of benzene rings is 1. The average molecular weight is 292 g/mol. The Kier molecular flexibility index (Phi) is 5.48. The van der Waals surface area contributed by atoms with Gasteiger partial charge in [-0.25, -0.2) is 0 Å². The normalized spacial score (nSPS) is 24.6. The van der Waals surface area contributed by atoms with Crippen LogP contribution in [0.1, 0.15) is 38.2 Å². The fourth-order valence-corrected chi connectivity index (χ4v) is 3.14. The van der Waals surface area contributed by atoms with E-state index >= 15 is 0 Å². The van der Waals surface area contributed by atoms with Crippen LogP contribution in [0.5, 0.6) is 11.5 Å². The molecular weight excluding hydrogens is 264 g/mol. The van der Waals surface area contributed by atoms with Gasteiger partial charge < -0.3 is 15.2 Å². The second-order valence-electron chi connectivity index (χ2n) is 6.02. The summed E-state index contributed by atoms with van der Waals surface area (Å²) >= 11 is 0. The van der Waals surface area contributed by atoms with E-state index in [1.54, 1.807) is 14.2 Å². The van der Waals surface area contributed by atoms with Gasteiger partial charge in [0.05, 0.1) is 14.2 Å². The first-order chi connectivity index (χ1) is 10.1. The zero-order valence-corrected chi connectivity index (χ0v) is 13.6. The van der Waals surface area contributed by atoms with E-state index in [9.17, 15) is 0 Å². The molecule has 0 amide bonds. The van der Waals surface area contributed by atoms with Crippen LogP contribution in [-0.2, 0) is 0 Å². The zero-order valence-electron chi connectivity index (χ0n) is 13.6. The number of hydrogen-bond donors (Lipinski definition) is 1. The van der Waals surface area contributed by atoms with Crippen LogP contribution in [0.3, 0.4) is 0 Å². The van der Waals surface area contributed by atoms with Gasteiger partial charge in [0.1, 0.15) is 0 Å². The summed E-state index contributed by atoms with van der Waals surface area (Å²) in [5.41, 5.74) is 7.56. The fraction of sp³-hybridized carbons (Fsp3) is 0.647.